The van der Waals surface area contributed by atoms with Gasteiger partial charge in [0.05, 0.1) is 11.4 Å². The van der Waals surface area contributed by atoms with Crippen LogP contribution in [0.3, 0.4) is 0 Å². The van der Waals surface area contributed by atoms with Crippen molar-refractivity contribution in [3.05, 3.63) is 30.3 Å². The van der Waals surface area contributed by atoms with Crippen molar-refractivity contribution < 1.29 is 13.2 Å². The molecule has 2 rings (SSSR count). The zero-order chi connectivity index (χ0) is 12.3. The lowest BCUT2D eigenvalue weighted by Gasteiger charge is -2.07. The highest BCUT2D eigenvalue weighted by Crippen LogP contribution is 2.18. The second-order valence-electron chi connectivity index (χ2n) is 4.00. The van der Waals surface area contributed by atoms with Crippen molar-refractivity contribution in [3.63, 3.8) is 0 Å². The van der Waals surface area contributed by atoms with E-state index in [9.17, 15) is 13.2 Å². The molecule has 5 nitrogen and oxygen atoms in total. The van der Waals surface area contributed by atoms with E-state index in [0.717, 1.165) is 12.8 Å². The fourth-order valence-electron chi connectivity index (χ4n) is 1.37. The standard InChI is InChI=1S/C11H14N2O3S/c14-11(8-12-9-6-7-9)13-17(15,16)10-4-2-1-3-5-10/h1-5,9,12H,6-8H2,(H,13,14). The molecule has 1 amide bonds. The summed E-state index contributed by atoms with van der Waals surface area (Å²) in [5.74, 6) is -0.527. The summed E-state index contributed by atoms with van der Waals surface area (Å²) in [5.41, 5.74) is 0. The summed E-state index contributed by atoms with van der Waals surface area (Å²) in [4.78, 5) is 11.5. The highest BCUT2D eigenvalue weighted by molar-refractivity contribution is 7.90. The van der Waals surface area contributed by atoms with Crippen LogP contribution < -0.4 is 10.0 Å². The van der Waals surface area contributed by atoms with E-state index in [4.69, 9.17) is 0 Å². The normalized spacial score (nSPS) is 15.5. The molecule has 2 N–H and O–H groups in total. The lowest BCUT2D eigenvalue weighted by Crippen LogP contribution is -2.38. The molecule has 0 radical (unpaired) electrons. The Morgan fingerprint density at radius 3 is 2.47 bits per heavy atom. The molecule has 0 saturated heterocycles. The van der Waals surface area contributed by atoms with Gasteiger partial charge in [0.1, 0.15) is 0 Å². The van der Waals surface area contributed by atoms with E-state index in [1.165, 1.54) is 12.1 Å². The topological polar surface area (TPSA) is 75.3 Å². The molecule has 92 valence electrons. The van der Waals surface area contributed by atoms with E-state index in [0.29, 0.717) is 6.04 Å². The molecule has 1 saturated carbocycles. The smallest absolute Gasteiger partial charge is 0.264 e. The van der Waals surface area contributed by atoms with Crippen LogP contribution in [0.1, 0.15) is 12.8 Å². The highest BCUT2D eigenvalue weighted by Gasteiger charge is 2.23. The monoisotopic (exact) mass is 254 g/mol. The van der Waals surface area contributed by atoms with Crippen molar-refractivity contribution >= 4 is 15.9 Å². The van der Waals surface area contributed by atoms with Gasteiger partial charge in [0.25, 0.3) is 10.0 Å². The second kappa shape index (κ2) is 4.85. The van der Waals surface area contributed by atoms with E-state index >= 15 is 0 Å². The van der Waals surface area contributed by atoms with Crippen LogP contribution in [0.25, 0.3) is 0 Å². The fourth-order valence-corrected chi connectivity index (χ4v) is 2.37. The van der Waals surface area contributed by atoms with Gasteiger partial charge in [-0.15, -0.1) is 0 Å². The summed E-state index contributed by atoms with van der Waals surface area (Å²) in [5, 5.41) is 2.95. The zero-order valence-electron chi connectivity index (χ0n) is 9.22. The molecule has 0 spiro atoms. The van der Waals surface area contributed by atoms with Crippen LogP contribution in [-0.2, 0) is 14.8 Å². The van der Waals surface area contributed by atoms with Gasteiger partial charge in [0.15, 0.2) is 0 Å². The number of sulfonamides is 1. The first-order chi connectivity index (χ1) is 8.08. The van der Waals surface area contributed by atoms with Gasteiger partial charge in [-0.1, -0.05) is 18.2 Å². The predicted molar refractivity (Wildman–Crippen MR) is 62.8 cm³/mol. The van der Waals surface area contributed by atoms with Crippen molar-refractivity contribution in [2.45, 2.75) is 23.8 Å². The molecule has 1 fully saturated rings. The summed E-state index contributed by atoms with van der Waals surface area (Å²) in [6, 6.07) is 8.21. The Hall–Kier alpha value is -1.40. The Labute approximate surface area is 100 Å². The quantitative estimate of drug-likeness (QED) is 0.789. The Balaban J connectivity index is 1.94. The summed E-state index contributed by atoms with van der Waals surface area (Å²) >= 11 is 0. The number of nitrogens with one attached hydrogen (secondary N) is 2. The van der Waals surface area contributed by atoms with E-state index in [1.807, 2.05) is 4.72 Å². The Morgan fingerprint density at radius 1 is 1.24 bits per heavy atom. The molecule has 1 aliphatic rings. The van der Waals surface area contributed by atoms with Gasteiger partial charge in [0, 0.05) is 6.04 Å². The largest absolute Gasteiger partial charge is 0.306 e. The van der Waals surface area contributed by atoms with Crippen LogP contribution in [0.15, 0.2) is 35.2 Å². The Bertz CT molecular complexity index is 495. The molecule has 17 heavy (non-hydrogen) atoms. The van der Waals surface area contributed by atoms with E-state index in [1.54, 1.807) is 18.2 Å². The minimum absolute atomic E-state index is 0.0384. The Kier molecular flexibility index (Phi) is 3.44. The first-order valence-corrected chi connectivity index (χ1v) is 6.90. The fraction of sp³-hybridized carbons (Fsp3) is 0.364. The summed E-state index contributed by atoms with van der Waals surface area (Å²) in [7, 11) is -3.73. The van der Waals surface area contributed by atoms with Gasteiger partial charge in [-0.05, 0) is 25.0 Å². The molecule has 1 aromatic carbocycles. The lowest BCUT2D eigenvalue weighted by atomic mass is 10.4. The average molecular weight is 254 g/mol. The third-order valence-corrected chi connectivity index (χ3v) is 3.82. The summed E-state index contributed by atoms with van der Waals surface area (Å²) in [6.07, 6.45) is 2.11. The van der Waals surface area contributed by atoms with E-state index in [2.05, 4.69) is 5.32 Å². The first-order valence-electron chi connectivity index (χ1n) is 5.42. The van der Waals surface area contributed by atoms with E-state index in [-0.39, 0.29) is 11.4 Å². The Morgan fingerprint density at radius 2 is 1.88 bits per heavy atom. The number of hydrogen-bond acceptors (Lipinski definition) is 4. The number of amides is 1. The maximum Gasteiger partial charge on any atom is 0.264 e. The number of rotatable bonds is 5. The average Bonchev–Trinajstić information content (AvgIpc) is 3.11. The molecule has 0 unspecified atom stereocenters. The van der Waals surface area contributed by atoms with Crippen LogP contribution in [0.5, 0.6) is 0 Å². The minimum Gasteiger partial charge on any atom is -0.306 e. The van der Waals surface area contributed by atoms with Gasteiger partial charge >= 0.3 is 0 Å². The van der Waals surface area contributed by atoms with Crippen LogP contribution in [0, 0.1) is 0 Å². The van der Waals surface area contributed by atoms with Gasteiger partial charge in [0.2, 0.25) is 5.91 Å². The number of carbonyl (C=O) groups is 1. The molecule has 0 bridgehead atoms. The molecule has 0 aliphatic heterocycles. The highest BCUT2D eigenvalue weighted by atomic mass is 32.2. The number of hydrogen-bond donors (Lipinski definition) is 2. The number of benzene rings is 1. The van der Waals surface area contributed by atoms with Gasteiger partial charge in [-0.2, -0.15) is 0 Å². The molecule has 0 aromatic heterocycles. The minimum atomic E-state index is -3.73. The predicted octanol–water partition coefficient (Wildman–Crippen LogP) is 0.243. The summed E-state index contributed by atoms with van der Waals surface area (Å²) < 4.78 is 25.5. The van der Waals surface area contributed by atoms with Crippen LogP contribution >= 0.6 is 0 Å². The van der Waals surface area contributed by atoms with Crippen LogP contribution in [-0.4, -0.2) is 26.9 Å². The second-order valence-corrected chi connectivity index (χ2v) is 5.68. The molecule has 1 aliphatic carbocycles. The summed E-state index contributed by atoms with van der Waals surface area (Å²) in [6.45, 7) is 0.0384. The van der Waals surface area contributed by atoms with Gasteiger partial charge in [-0.3, -0.25) is 4.79 Å². The molecular formula is C11H14N2O3S. The van der Waals surface area contributed by atoms with Crippen molar-refractivity contribution in [1.82, 2.24) is 10.0 Å². The number of carbonyl (C=O) groups excluding carboxylic acids is 1. The van der Waals surface area contributed by atoms with Crippen molar-refractivity contribution in [2.75, 3.05) is 6.54 Å². The molecule has 0 atom stereocenters. The molecule has 0 heterocycles. The van der Waals surface area contributed by atoms with E-state index < -0.39 is 15.9 Å². The first kappa shape index (κ1) is 12.1. The maximum absolute atomic E-state index is 11.7. The maximum atomic E-state index is 11.7. The third kappa shape index (κ3) is 3.54. The van der Waals surface area contributed by atoms with Crippen LogP contribution in [0.4, 0.5) is 0 Å². The van der Waals surface area contributed by atoms with Crippen molar-refractivity contribution in [3.8, 4) is 0 Å². The molecule has 1 aromatic rings. The van der Waals surface area contributed by atoms with Crippen LogP contribution in [0.2, 0.25) is 0 Å². The van der Waals surface area contributed by atoms with Gasteiger partial charge in [-0.25, -0.2) is 13.1 Å². The van der Waals surface area contributed by atoms with Crippen molar-refractivity contribution in [1.29, 1.82) is 0 Å². The zero-order valence-corrected chi connectivity index (χ0v) is 10.0. The molecule has 6 heteroatoms. The molecular weight excluding hydrogens is 240 g/mol. The van der Waals surface area contributed by atoms with Gasteiger partial charge < -0.3 is 5.32 Å². The van der Waals surface area contributed by atoms with Crippen molar-refractivity contribution in [2.24, 2.45) is 0 Å². The SMILES string of the molecule is O=C(CNC1CC1)NS(=O)(=O)c1ccccc1. The lowest BCUT2D eigenvalue weighted by molar-refractivity contribution is -0.118. The third-order valence-electron chi connectivity index (χ3n) is 2.43.